The number of amides is 1. The van der Waals surface area contributed by atoms with Crippen LogP contribution in [0.2, 0.25) is 5.02 Å². The number of nitrogens with one attached hydrogen (secondary N) is 2. The van der Waals surface area contributed by atoms with Gasteiger partial charge in [-0.3, -0.25) is 4.79 Å². The summed E-state index contributed by atoms with van der Waals surface area (Å²) >= 11 is 6.02. The lowest BCUT2D eigenvalue weighted by Gasteiger charge is -2.24. The van der Waals surface area contributed by atoms with Crippen molar-refractivity contribution in [3.05, 3.63) is 58.1 Å². The first-order chi connectivity index (χ1) is 13.1. The summed E-state index contributed by atoms with van der Waals surface area (Å²) in [4.78, 5) is 12.8. The molecule has 1 aliphatic rings. The van der Waals surface area contributed by atoms with E-state index in [1.54, 1.807) is 0 Å². The highest BCUT2D eigenvalue weighted by atomic mass is 35.5. The van der Waals surface area contributed by atoms with Gasteiger partial charge in [0.1, 0.15) is 6.04 Å². The Morgan fingerprint density at radius 1 is 1.07 bits per heavy atom. The van der Waals surface area contributed by atoms with Gasteiger partial charge in [0.15, 0.2) is 0 Å². The molecule has 7 heteroatoms. The highest BCUT2D eigenvalue weighted by Crippen LogP contribution is 2.34. The quantitative estimate of drug-likeness (QED) is 0.642. The summed E-state index contributed by atoms with van der Waals surface area (Å²) in [5, 5.41) is 5.81. The first-order valence-electron chi connectivity index (χ1n) is 9.21. The zero-order valence-electron chi connectivity index (χ0n) is 15.7. The molecular weight excluding hydrogens is 389 g/mol. The van der Waals surface area contributed by atoms with Crippen LogP contribution < -0.4 is 10.6 Å². The van der Waals surface area contributed by atoms with Gasteiger partial charge < -0.3 is 10.6 Å². The van der Waals surface area contributed by atoms with Gasteiger partial charge in [0.25, 0.3) is 0 Å². The van der Waals surface area contributed by atoms with Crippen molar-refractivity contribution in [3.63, 3.8) is 0 Å². The molecule has 1 atom stereocenters. The summed E-state index contributed by atoms with van der Waals surface area (Å²) in [5.74, 6) is -0.364. The van der Waals surface area contributed by atoms with Crippen LogP contribution in [-0.2, 0) is 23.8 Å². The van der Waals surface area contributed by atoms with Gasteiger partial charge >= 0.3 is 6.18 Å². The molecular formula is C21H22ClF3N2O. The van der Waals surface area contributed by atoms with Crippen LogP contribution in [0.4, 0.5) is 24.5 Å². The number of anilines is 2. The Kier molecular flexibility index (Phi) is 5.89. The van der Waals surface area contributed by atoms with E-state index in [1.807, 2.05) is 32.0 Å². The Labute approximate surface area is 167 Å². The van der Waals surface area contributed by atoms with Crippen LogP contribution in [-0.4, -0.2) is 11.9 Å². The minimum absolute atomic E-state index is 0.0780. The third-order valence-electron chi connectivity index (χ3n) is 4.92. The molecule has 0 bridgehead atoms. The van der Waals surface area contributed by atoms with Gasteiger partial charge in [-0.2, -0.15) is 13.2 Å². The largest absolute Gasteiger partial charge is 0.416 e. The molecule has 0 saturated carbocycles. The van der Waals surface area contributed by atoms with Crippen molar-refractivity contribution < 1.29 is 18.0 Å². The number of hydrogen-bond acceptors (Lipinski definition) is 2. The fraction of sp³-hybridized carbons (Fsp3) is 0.381. The van der Waals surface area contributed by atoms with E-state index in [9.17, 15) is 18.0 Å². The fourth-order valence-corrected chi connectivity index (χ4v) is 3.62. The van der Waals surface area contributed by atoms with Gasteiger partial charge in [0.05, 0.1) is 16.3 Å². The maximum Gasteiger partial charge on any atom is 0.416 e. The molecule has 0 aromatic heterocycles. The van der Waals surface area contributed by atoms with Gasteiger partial charge in [-0.1, -0.05) is 31.5 Å². The fourth-order valence-electron chi connectivity index (χ4n) is 3.38. The topological polar surface area (TPSA) is 41.1 Å². The Hall–Kier alpha value is -2.21. The minimum atomic E-state index is -4.47. The van der Waals surface area contributed by atoms with E-state index in [4.69, 9.17) is 11.6 Å². The van der Waals surface area contributed by atoms with Crippen molar-refractivity contribution in [1.82, 2.24) is 0 Å². The van der Waals surface area contributed by atoms with Crippen LogP contribution in [0.1, 0.15) is 37.0 Å². The predicted molar refractivity (Wildman–Crippen MR) is 106 cm³/mol. The predicted octanol–water partition coefficient (Wildman–Crippen LogP) is 5.92. The summed E-state index contributed by atoms with van der Waals surface area (Å²) in [6, 6.07) is 8.31. The molecule has 0 heterocycles. The average molecular weight is 411 g/mol. The molecule has 0 unspecified atom stereocenters. The molecule has 0 spiro atoms. The number of benzene rings is 2. The number of hydrogen-bond donors (Lipinski definition) is 2. The van der Waals surface area contributed by atoms with Crippen molar-refractivity contribution in [2.75, 3.05) is 10.6 Å². The standard InChI is InChI=1S/C21H22ClF3N2O/c1-12(2)19(27-18-9-7-15(11-17(18)22)21(23,24)25)20(28)26-16-8-6-13-4-3-5-14(13)10-16/h6-12,19,27H,3-5H2,1-2H3,(H,26,28)/t19-/m0/s1. The zero-order chi connectivity index (χ0) is 20.5. The summed E-state index contributed by atoms with van der Waals surface area (Å²) in [6.07, 6.45) is -1.28. The van der Waals surface area contributed by atoms with Crippen molar-refractivity contribution >= 4 is 28.9 Å². The number of alkyl halides is 3. The van der Waals surface area contributed by atoms with Crippen molar-refractivity contribution in [2.24, 2.45) is 5.92 Å². The van der Waals surface area contributed by atoms with E-state index in [0.29, 0.717) is 0 Å². The molecule has 3 rings (SSSR count). The average Bonchev–Trinajstić information content (AvgIpc) is 3.07. The monoisotopic (exact) mass is 410 g/mol. The number of carbonyl (C=O) groups excluding carboxylic acids is 1. The first kappa shape index (κ1) is 20.5. The lowest BCUT2D eigenvalue weighted by Crippen LogP contribution is -2.39. The number of carbonyl (C=O) groups is 1. The van der Waals surface area contributed by atoms with Gasteiger partial charge in [0.2, 0.25) is 5.91 Å². The normalized spacial score (nSPS) is 14.7. The van der Waals surface area contributed by atoms with Crippen molar-refractivity contribution in [2.45, 2.75) is 45.3 Å². The molecule has 150 valence electrons. The number of aryl methyl sites for hydroxylation is 2. The smallest absolute Gasteiger partial charge is 0.372 e. The highest BCUT2D eigenvalue weighted by molar-refractivity contribution is 6.33. The molecule has 0 aliphatic heterocycles. The van der Waals surface area contributed by atoms with E-state index < -0.39 is 17.8 Å². The maximum atomic E-state index is 12.8. The van der Waals surface area contributed by atoms with E-state index in [0.717, 1.165) is 37.1 Å². The molecule has 0 fully saturated rings. The van der Waals surface area contributed by atoms with E-state index in [-0.39, 0.29) is 22.5 Å². The summed E-state index contributed by atoms with van der Waals surface area (Å²) < 4.78 is 38.4. The number of fused-ring (bicyclic) bond motifs is 1. The molecule has 0 saturated heterocycles. The summed E-state index contributed by atoms with van der Waals surface area (Å²) in [5.41, 5.74) is 2.74. The van der Waals surface area contributed by atoms with Crippen molar-refractivity contribution in [3.8, 4) is 0 Å². The van der Waals surface area contributed by atoms with Gasteiger partial charge in [-0.05, 0) is 66.6 Å². The SMILES string of the molecule is CC(C)[C@H](Nc1ccc(C(F)(F)F)cc1Cl)C(=O)Nc1ccc2c(c1)CCC2. The third kappa shape index (κ3) is 4.61. The highest BCUT2D eigenvalue weighted by Gasteiger charge is 2.31. The Balaban J connectivity index is 1.75. The Morgan fingerprint density at radius 2 is 1.79 bits per heavy atom. The summed E-state index contributed by atoms with van der Waals surface area (Å²) in [7, 11) is 0. The lowest BCUT2D eigenvalue weighted by molar-refractivity contribution is -0.137. The zero-order valence-corrected chi connectivity index (χ0v) is 16.4. The van der Waals surface area contributed by atoms with Crippen LogP contribution in [0, 0.1) is 5.92 Å². The summed E-state index contributed by atoms with van der Waals surface area (Å²) in [6.45, 7) is 3.72. The van der Waals surface area contributed by atoms with E-state index in [2.05, 4.69) is 10.6 Å². The number of halogens is 4. The number of rotatable bonds is 5. The molecule has 1 aliphatic carbocycles. The maximum absolute atomic E-state index is 12.8. The third-order valence-corrected chi connectivity index (χ3v) is 5.24. The minimum Gasteiger partial charge on any atom is -0.372 e. The molecule has 2 aromatic rings. The van der Waals surface area contributed by atoms with Crippen LogP contribution in [0.25, 0.3) is 0 Å². The first-order valence-corrected chi connectivity index (χ1v) is 9.59. The van der Waals surface area contributed by atoms with Gasteiger partial charge in [-0.25, -0.2) is 0 Å². The van der Waals surface area contributed by atoms with Crippen LogP contribution in [0.3, 0.4) is 0 Å². The molecule has 28 heavy (non-hydrogen) atoms. The molecule has 0 radical (unpaired) electrons. The second kappa shape index (κ2) is 8.03. The van der Waals surface area contributed by atoms with E-state index in [1.165, 1.54) is 17.2 Å². The van der Waals surface area contributed by atoms with Crippen LogP contribution in [0.15, 0.2) is 36.4 Å². The second-order valence-electron chi connectivity index (χ2n) is 7.38. The molecule has 1 amide bonds. The molecule has 2 aromatic carbocycles. The van der Waals surface area contributed by atoms with Crippen molar-refractivity contribution in [1.29, 1.82) is 0 Å². The van der Waals surface area contributed by atoms with Crippen LogP contribution in [0.5, 0.6) is 0 Å². The lowest BCUT2D eigenvalue weighted by atomic mass is 10.0. The molecule has 2 N–H and O–H groups in total. The Morgan fingerprint density at radius 3 is 2.43 bits per heavy atom. The van der Waals surface area contributed by atoms with Gasteiger partial charge in [-0.15, -0.1) is 0 Å². The molecule has 3 nitrogen and oxygen atoms in total. The van der Waals surface area contributed by atoms with Crippen LogP contribution >= 0.6 is 11.6 Å². The Bertz CT molecular complexity index is 880. The second-order valence-corrected chi connectivity index (χ2v) is 7.79. The van der Waals surface area contributed by atoms with E-state index >= 15 is 0 Å². The van der Waals surface area contributed by atoms with Gasteiger partial charge in [0, 0.05) is 5.69 Å².